The third kappa shape index (κ3) is 3.76. The number of hydrogen-bond donors (Lipinski definition) is 0. The Morgan fingerprint density at radius 2 is 1.79 bits per heavy atom. The highest BCUT2D eigenvalue weighted by atomic mass is 35.5. The Morgan fingerprint density at radius 1 is 1.07 bits per heavy atom. The van der Waals surface area contributed by atoms with Gasteiger partial charge in [0.15, 0.2) is 11.0 Å². The van der Waals surface area contributed by atoms with Gasteiger partial charge in [-0.05, 0) is 50.3 Å². The summed E-state index contributed by atoms with van der Waals surface area (Å²) in [5, 5.41) is 9.17. The summed E-state index contributed by atoms with van der Waals surface area (Å²) >= 11 is 6.27. The van der Waals surface area contributed by atoms with Crippen LogP contribution in [0.25, 0.3) is 0 Å². The van der Waals surface area contributed by atoms with Crippen LogP contribution in [0.1, 0.15) is 41.3 Å². The minimum Gasteiger partial charge on any atom is -0.462 e. The average molecular weight is 402 g/mol. The molecule has 0 aromatic carbocycles. The highest BCUT2D eigenvalue weighted by Crippen LogP contribution is 2.32. The van der Waals surface area contributed by atoms with Crippen molar-refractivity contribution in [1.82, 2.24) is 15.2 Å². The quantitative estimate of drug-likeness (QED) is 0.729. The standard InChI is InChI=1S/C20H24ClN5O2/c1-2-28-20(27)14-7-8-17(22-13-14)25-9-11-26(12-10-25)19-16-6-4-3-5-15(16)18(21)23-24-19/h7-8,13H,2-6,9-12H2,1H3. The third-order valence-corrected chi connectivity index (χ3v) is 5.69. The largest absolute Gasteiger partial charge is 0.462 e. The fraction of sp³-hybridized carbons (Fsp3) is 0.500. The topological polar surface area (TPSA) is 71.5 Å². The van der Waals surface area contributed by atoms with E-state index in [0.717, 1.165) is 50.7 Å². The van der Waals surface area contributed by atoms with Crippen LogP contribution in [-0.2, 0) is 17.6 Å². The summed E-state index contributed by atoms with van der Waals surface area (Å²) in [5.41, 5.74) is 2.93. The summed E-state index contributed by atoms with van der Waals surface area (Å²) in [5.74, 6) is 1.53. The number of ether oxygens (including phenoxy) is 1. The van der Waals surface area contributed by atoms with Crippen LogP contribution >= 0.6 is 11.6 Å². The van der Waals surface area contributed by atoms with Gasteiger partial charge in [0.25, 0.3) is 0 Å². The lowest BCUT2D eigenvalue weighted by Gasteiger charge is -2.37. The molecule has 1 fully saturated rings. The van der Waals surface area contributed by atoms with Gasteiger partial charge in [0.1, 0.15) is 5.82 Å². The Labute approximate surface area is 169 Å². The number of piperazine rings is 1. The van der Waals surface area contributed by atoms with Crippen molar-refractivity contribution < 1.29 is 9.53 Å². The lowest BCUT2D eigenvalue weighted by atomic mass is 9.93. The van der Waals surface area contributed by atoms with E-state index in [1.54, 1.807) is 19.2 Å². The molecule has 1 aliphatic heterocycles. The number of halogens is 1. The average Bonchev–Trinajstić information content (AvgIpc) is 2.75. The Kier molecular flexibility index (Phi) is 5.62. The van der Waals surface area contributed by atoms with Crippen LogP contribution in [0.15, 0.2) is 18.3 Å². The molecular formula is C20H24ClN5O2. The lowest BCUT2D eigenvalue weighted by Crippen LogP contribution is -2.47. The van der Waals surface area contributed by atoms with Gasteiger partial charge in [-0.3, -0.25) is 0 Å². The first-order chi connectivity index (χ1) is 13.7. The van der Waals surface area contributed by atoms with Crippen LogP contribution in [0.5, 0.6) is 0 Å². The van der Waals surface area contributed by atoms with Gasteiger partial charge in [0.05, 0.1) is 12.2 Å². The molecule has 0 unspecified atom stereocenters. The summed E-state index contributed by atoms with van der Waals surface area (Å²) < 4.78 is 5.01. The molecule has 0 N–H and O–H groups in total. The smallest absolute Gasteiger partial charge is 0.339 e. The molecule has 0 amide bonds. The van der Waals surface area contributed by atoms with Crippen LogP contribution in [0, 0.1) is 0 Å². The number of carbonyl (C=O) groups excluding carboxylic acids is 1. The van der Waals surface area contributed by atoms with Gasteiger partial charge in [-0.25, -0.2) is 9.78 Å². The fourth-order valence-corrected chi connectivity index (χ4v) is 4.15. The maximum atomic E-state index is 11.8. The van der Waals surface area contributed by atoms with E-state index in [4.69, 9.17) is 16.3 Å². The van der Waals surface area contributed by atoms with Crippen molar-refractivity contribution in [2.75, 3.05) is 42.6 Å². The molecule has 2 aromatic heterocycles. The predicted octanol–water partition coefficient (Wildman–Crippen LogP) is 2.91. The van der Waals surface area contributed by atoms with Crippen molar-refractivity contribution in [1.29, 1.82) is 0 Å². The van der Waals surface area contributed by atoms with E-state index in [1.165, 1.54) is 24.0 Å². The first-order valence-electron chi connectivity index (χ1n) is 9.84. The van der Waals surface area contributed by atoms with E-state index < -0.39 is 0 Å². The number of carbonyl (C=O) groups is 1. The van der Waals surface area contributed by atoms with Gasteiger partial charge >= 0.3 is 5.97 Å². The number of anilines is 2. The molecule has 28 heavy (non-hydrogen) atoms. The van der Waals surface area contributed by atoms with Crippen LogP contribution in [0.3, 0.4) is 0 Å². The number of hydrogen-bond acceptors (Lipinski definition) is 7. The summed E-state index contributed by atoms with van der Waals surface area (Å²) in [6.07, 6.45) is 5.95. The van der Waals surface area contributed by atoms with E-state index in [1.807, 2.05) is 6.07 Å². The number of fused-ring (bicyclic) bond motifs is 1. The number of pyridine rings is 1. The van der Waals surface area contributed by atoms with Crippen molar-refractivity contribution in [3.63, 3.8) is 0 Å². The first kappa shape index (κ1) is 18.9. The Hall–Kier alpha value is -2.41. The van der Waals surface area contributed by atoms with Crippen molar-refractivity contribution in [3.05, 3.63) is 40.2 Å². The molecule has 4 rings (SSSR count). The van der Waals surface area contributed by atoms with Crippen molar-refractivity contribution in [3.8, 4) is 0 Å². The minimum atomic E-state index is -0.336. The van der Waals surface area contributed by atoms with Gasteiger partial charge in [-0.2, -0.15) is 0 Å². The summed E-state index contributed by atoms with van der Waals surface area (Å²) in [6, 6.07) is 3.65. The van der Waals surface area contributed by atoms with Gasteiger partial charge in [0.2, 0.25) is 0 Å². The molecule has 2 aliphatic rings. The molecule has 7 nitrogen and oxygen atoms in total. The normalized spacial score (nSPS) is 16.6. The van der Waals surface area contributed by atoms with E-state index in [9.17, 15) is 4.79 Å². The predicted molar refractivity (Wildman–Crippen MR) is 108 cm³/mol. The highest BCUT2D eigenvalue weighted by Gasteiger charge is 2.25. The van der Waals surface area contributed by atoms with E-state index in [-0.39, 0.29) is 5.97 Å². The molecule has 3 heterocycles. The molecule has 0 radical (unpaired) electrons. The molecule has 0 saturated carbocycles. The second kappa shape index (κ2) is 8.31. The van der Waals surface area contributed by atoms with Crippen LogP contribution < -0.4 is 9.80 Å². The molecule has 1 saturated heterocycles. The van der Waals surface area contributed by atoms with E-state index in [0.29, 0.717) is 17.3 Å². The fourth-order valence-electron chi connectivity index (χ4n) is 3.90. The molecule has 8 heteroatoms. The molecule has 0 atom stereocenters. The summed E-state index contributed by atoms with van der Waals surface area (Å²) in [7, 11) is 0. The number of rotatable bonds is 4. The van der Waals surface area contributed by atoms with Crippen LogP contribution in [0.2, 0.25) is 5.15 Å². The Balaban J connectivity index is 1.43. The molecule has 0 bridgehead atoms. The number of nitrogens with zero attached hydrogens (tertiary/aromatic N) is 5. The lowest BCUT2D eigenvalue weighted by molar-refractivity contribution is 0.0526. The zero-order valence-corrected chi connectivity index (χ0v) is 16.8. The zero-order chi connectivity index (χ0) is 19.5. The monoisotopic (exact) mass is 401 g/mol. The first-order valence-corrected chi connectivity index (χ1v) is 10.2. The van der Waals surface area contributed by atoms with Crippen molar-refractivity contribution >= 4 is 29.2 Å². The van der Waals surface area contributed by atoms with E-state index >= 15 is 0 Å². The SMILES string of the molecule is CCOC(=O)c1ccc(N2CCN(c3nnc(Cl)c4c3CCCC4)CC2)nc1. The van der Waals surface area contributed by atoms with Crippen molar-refractivity contribution in [2.45, 2.75) is 32.6 Å². The Bertz CT molecular complexity index is 850. The molecular weight excluding hydrogens is 378 g/mol. The maximum absolute atomic E-state index is 11.8. The van der Waals surface area contributed by atoms with Gasteiger partial charge in [-0.1, -0.05) is 11.6 Å². The van der Waals surface area contributed by atoms with Crippen molar-refractivity contribution in [2.24, 2.45) is 0 Å². The summed E-state index contributed by atoms with van der Waals surface area (Å²) in [6.45, 7) is 5.53. The second-order valence-corrected chi connectivity index (χ2v) is 7.44. The third-order valence-electron chi connectivity index (χ3n) is 5.38. The van der Waals surface area contributed by atoms with Crippen LogP contribution in [0.4, 0.5) is 11.6 Å². The zero-order valence-electron chi connectivity index (χ0n) is 16.0. The Morgan fingerprint density at radius 3 is 2.46 bits per heavy atom. The molecule has 2 aromatic rings. The number of aromatic nitrogens is 3. The van der Waals surface area contributed by atoms with E-state index in [2.05, 4.69) is 25.0 Å². The second-order valence-electron chi connectivity index (χ2n) is 7.08. The molecule has 148 valence electrons. The minimum absolute atomic E-state index is 0.336. The molecule has 0 spiro atoms. The van der Waals surface area contributed by atoms with Gasteiger partial charge < -0.3 is 14.5 Å². The maximum Gasteiger partial charge on any atom is 0.339 e. The number of esters is 1. The van der Waals surface area contributed by atoms with Gasteiger partial charge in [0, 0.05) is 37.9 Å². The van der Waals surface area contributed by atoms with Gasteiger partial charge in [-0.15, -0.1) is 10.2 Å². The summed E-state index contributed by atoms with van der Waals surface area (Å²) in [4.78, 5) is 20.7. The van der Waals surface area contributed by atoms with Crippen LogP contribution in [-0.4, -0.2) is 53.9 Å². The highest BCUT2D eigenvalue weighted by molar-refractivity contribution is 6.30. The molecule has 1 aliphatic carbocycles.